The third-order valence-electron chi connectivity index (χ3n) is 4.77. The zero-order chi connectivity index (χ0) is 17.2. The molecule has 25 heavy (non-hydrogen) atoms. The van der Waals surface area contributed by atoms with E-state index >= 15 is 0 Å². The van der Waals surface area contributed by atoms with Crippen LogP contribution >= 0.6 is 11.8 Å². The van der Waals surface area contributed by atoms with Gasteiger partial charge in [0.15, 0.2) is 11.5 Å². The van der Waals surface area contributed by atoms with Gasteiger partial charge in [-0.1, -0.05) is 18.7 Å². The molecule has 0 radical (unpaired) electrons. The van der Waals surface area contributed by atoms with Gasteiger partial charge in [0.25, 0.3) is 0 Å². The largest absolute Gasteiger partial charge is 0.454 e. The Hall–Kier alpha value is -1.95. The van der Waals surface area contributed by atoms with Gasteiger partial charge in [0.1, 0.15) is 5.03 Å². The quantitative estimate of drug-likeness (QED) is 0.781. The fourth-order valence-corrected chi connectivity index (χ4v) is 4.33. The second-order valence-corrected chi connectivity index (χ2v) is 7.40. The predicted molar refractivity (Wildman–Crippen MR) is 98.4 cm³/mol. The van der Waals surface area contributed by atoms with Crippen molar-refractivity contribution in [2.75, 3.05) is 25.6 Å². The van der Waals surface area contributed by atoms with E-state index in [1.807, 2.05) is 17.0 Å². The molecule has 1 fully saturated rings. The lowest BCUT2D eigenvalue weighted by Crippen LogP contribution is -2.36. The Morgan fingerprint density at radius 3 is 2.68 bits per heavy atom. The number of fused-ring (bicyclic) bond motifs is 2. The van der Waals surface area contributed by atoms with E-state index in [1.165, 1.54) is 12.0 Å². The first-order chi connectivity index (χ1) is 12.2. The fraction of sp³-hybridized carbons (Fsp3) is 0.474. The van der Waals surface area contributed by atoms with Crippen LogP contribution in [-0.2, 0) is 11.2 Å². The van der Waals surface area contributed by atoms with Gasteiger partial charge >= 0.3 is 0 Å². The third-order valence-corrected chi connectivity index (χ3v) is 5.79. The van der Waals surface area contributed by atoms with E-state index < -0.39 is 0 Å². The summed E-state index contributed by atoms with van der Waals surface area (Å²) < 4.78 is 10.9. The van der Waals surface area contributed by atoms with E-state index in [2.05, 4.69) is 13.0 Å². The smallest absolute Gasteiger partial charge is 0.232 e. The summed E-state index contributed by atoms with van der Waals surface area (Å²) in [6.07, 6.45) is 4.37. The van der Waals surface area contributed by atoms with Gasteiger partial charge in [-0.05, 0) is 43.4 Å². The Balaban J connectivity index is 1.55. The lowest BCUT2D eigenvalue weighted by molar-refractivity contribution is -0.129. The minimum absolute atomic E-state index is 0.222. The van der Waals surface area contributed by atoms with E-state index in [9.17, 15) is 4.79 Å². The minimum Gasteiger partial charge on any atom is -0.454 e. The van der Waals surface area contributed by atoms with Crippen molar-refractivity contribution in [1.29, 1.82) is 0 Å². The summed E-state index contributed by atoms with van der Waals surface area (Å²) in [6.45, 7) is 4.17. The molecule has 0 saturated carbocycles. The topological polar surface area (TPSA) is 51.7 Å². The van der Waals surface area contributed by atoms with Crippen molar-refractivity contribution >= 4 is 28.6 Å². The van der Waals surface area contributed by atoms with Crippen molar-refractivity contribution in [3.8, 4) is 11.5 Å². The van der Waals surface area contributed by atoms with Crippen LogP contribution in [0.5, 0.6) is 11.5 Å². The van der Waals surface area contributed by atoms with Gasteiger partial charge < -0.3 is 14.4 Å². The molecule has 132 valence electrons. The Kier molecular flexibility index (Phi) is 4.70. The molecule has 4 rings (SSSR count). The number of rotatable bonds is 4. The van der Waals surface area contributed by atoms with E-state index in [4.69, 9.17) is 14.5 Å². The monoisotopic (exact) mass is 358 g/mol. The van der Waals surface area contributed by atoms with Gasteiger partial charge in [-0.25, -0.2) is 4.98 Å². The normalized spacial score (nSPS) is 16.4. The van der Waals surface area contributed by atoms with Gasteiger partial charge in [0, 0.05) is 24.5 Å². The molecule has 1 amide bonds. The summed E-state index contributed by atoms with van der Waals surface area (Å²) in [7, 11) is 0. The predicted octanol–water partition coefficient (Wildman–Crippen LogP) is 3.63. The molecule has 0 atom stereocenters. The number of carbonyl (C=O) groups excluding carboxylic acids is 1. The molecule has 2 aliphatic heterocycles. The second-order valence-electron chi connectivity index (χ2n) is 6.43. The Bertz CT molecular complexity index is 803. The molecule has 6 heteroatoms. The SMILES string of the molecule is CCc1cc2cc3c(cc2nc1SCC(=O)N1CCCCC1)OCO3. The van der Waals surface area contributed by atoms with Gasteiger partial charge in [0.2, 0.25) is 12.7 Å². The van der Waals surface area contributed by atoms with Crippen LogP contribution in [0.1, 0.15) is 31.7 Å². The van der Waals surface area contributed by atoms with E-state index in [0.29, 0.717) is 5.75 Å². The van der Waals surface area contributed by atoms with Crippen LogP contribution in [0.25, 0.3) is 10.9 Å². The zero-order valence-corrected chi connectivity index (χ0v) is 15.2. The number of nitrogens with zero attached hydrogens (tertiary/aromatic N) is 2. The van der Waals surface area contributed by atoms with Crippen LogP contribution in [0, 0.1) is 0 Å². The first-order valence-electron chi connectivity index (χ1n) is 8.88. The van der Waals surface area contributed by atoms with Crippen LogP contribution in [-0.4, -0.2) is 41.4 Å². The number of aryl methyl sites for hydroxylation is 1. The highest BCUT2D eigenvalue weighted by Gasteiger charge is 2.19. The number of pyridine rings is 1. The molecule has 0 bridgehead atoms. The first kappa shape index (κ1) is 16.5. The molecule has 5 nitrogen and oxygen atoms in total. The molecule has 0 N–H and O–H groups in total. The number of piperidine rings is 1. The molecule has 3 heterocycles. The molecular formula is C19H22N2O3S. The van der Waals surface area contributed by atoms with Crippen molar-refractivity contribution in [3.05, 3.63) is 23.8 Å². The van der Waals surface area contributed by atoms with Crippen molar-refractivity contribution < 1.29 is 14.3 Å². The second kappa shape index (κ2) is 7.12. The number of aromatic nitrogens is 1. The molecular weight excluding hydrogens is 336 g/mol. The number of likely N-dealkylation sites (tertiary alicyclic amines) is 1. The van der Waals surface area contributed by atoms with E-state index in [-0.39, 0.29) is 12.7 Å². The van der Waals surface area contributed by atoms with Crippen LogP contribution in [0.2, 0.25) is 0 Å². The number of benzene rings is 1. The van der Waals surface area contributed by atoms with Crippen LogP contribution in [0.15, 0.2) is 23.2 Å². The van der Waals surface area contributed by atoms with Crippen molar-refractivity contribution in [2.24, 2.45) is 0 Å². The molecule has 1 aromatic heterocycles. The van der Waals surface area contributed by atoms with Gasteiger partial charge in [-0.15, -0.1) is 0 Å². The maximum Gasteiger partial charge on any atom is 0.232 e. The third kappa shape index (κ3) is 3.40. The number of amides is 1. The zero-order valence-electron chi connectivity index (χ0n) is 14.4. The summed E-state index contributed by atoms with van der Waals surface area (Å²) in [5.74, 6) is 2.19. The van der Waals surface area contributed by atoms with Crippen molar-refractivity contribution in [2.45, 2.75) is 37.6 Å². The highest BCUT2D eigenvalue weighted by molar-refractivity contribution is 7.99. The summed E-state index contributed by atoms with van der Waals surface area (Å²) in [5.41, 5.74) is 2.05. The maximum atomic E-state index is 12.4. The summed E-state index contributed by atoms with van der Waals surface area (Å²) >= 11 is 1.55. The highest BCUT2D eigenvalue weighted by Crippen LogP contribution is 2.37. The molecule has 0 aliphatic carbocycles. The molecule has 0 unspecified atom stereocenters. The Labute approximate surface area is 151 Å². The maximum absolute atomic E-state index is 12.4. The molecule has 2 aromatic rings. The van der Waals surface area contributed by atoms with Crippen molar-refractivity contribution in [3.63, 3.8) is 0 Å². The summed E-state index contributed by atoms with van der Waals surface area (Å²) in [5, 5.41) is 1.99. The average molecular weight is 358 g/mol. The number of hydrogen-bond acceptors (Lipinski definition) is 5. The van der Waals surface area contributed by atoms with E-state index in [0.717, 1.165) is 59.8 Å². The number of thioether (sulfide) groups is 1. The van der Waals surface area contributed by atoms with Crippen LogP contribution in [0.3, 0.4) is 0 Å². The lowest BCUT2D eigenvalue weighted by atomic mass is 10.1. The summed E-state index contributed by atoms with van der Waals surface area (Å²) in [6, 6.07) is 6.06. The lowest BCUT2D eigenvalue weighted by Gasteiger charge is -2.26. The Morgan fingerprint density at radius 1 is 1.16 bits per heavy atom. The number of carbonyl (C=O) groups is 1. The average Bonchev–Trinajstić information content (AvgIpc) is 3.11. The van der Waals surface area contributed by atoms with E-state index in [1.54, 1.807) is 11.8 Å². The van der Waals surface area contributed by atoms with Gasteiger partial charge in [0.05, 0.1) is 11.3 Å². The number of hydrogen-bond donors (Lipinski definition) is 0. The number of ether oxygens (including phenoxy) is 2. The van der Waals surface area contributed by atoms with Crippen molar-refractivity contribution in [1.82, 2.24) is 9.88 Å². The minimum atomic E-state index is 0.222. The standard InChI is InChI=1S/C19H22N2O3S/c1-2-13-8-14-9-16-17(24-12-23-16)10-15(14)20-19(13)25-11-18(22)21-6-4-3-5-7-21/h8-10H,2-7,11-12H2,1H3. The molecule has 1 saturated heterocycles. The van der Waals surface area contributed by atoms with Gasteiger partial charge in [-0.2, -0.15) is 0 Å². The summed E-state index contributed by atoms with van der Waals surface area (Å²) in [4.78, 5) is 19.2. The molecule has 0 spiro atoms. The van der Waals surface area contributed by atoms with Crippen LogP contribution in [0.4, 0.5) is 0 Å². The Morgan fingerprint density at radius 2 is 1.92 bits per heavy atom. The van der Waals surface area contributed by atoms with Crippen LogP contribution < -0.4 is 9.47 Å². The first-order valence-corrected chi connectivity index (χ1v) is 9.87. The highest BCUT2D eigenvalue weighted by atomic mass is 32.2. The molecule has 1 aromatic carbocycles. The molecule has 2 aliphatic rings. The fourth-order valence-electron chi connectivity index (χ4n) is 3.33. The van der Waals surface area contributed by atoms with Gasteiger partial charge in [-0.3, -0.25) is 4.79 Å².